The van der Waals surface area contributed by atoms with Crippen LogP contribution < -0.4 is 26.2 Å². The number of carbonyl (C=O) groups excluding carboxylic acids is 4. The summed E-state index contributed by atoms with van der Waals surface area (Å²) in [5.74, 6) is -0.583. The van der Waals surface area contributed by atoms with Gasteiger partial charge in [0.15, 0.2) is 0 Å². The van der Waals surface area contributed by atoms with Crippen molar-refractivity contribution in [3.05, 3.63) is 137 Å². The Labute approximate surface area is 447 Å². The van der Waals surface area contributed by atoms with E-state index in [4.69, 9.17) is 14.7 Å². The summed E-state index contributed by atoms with van der Waals surface area (Å²) >= 11 is 1.57. The van der Waals surface area contributed by atoms with Crippen molar-refractivity contribution in [2.75, 3.05) is 43.2 Å². The number of β-amino-alcohol motifs (C(OH)–C–C–N with tert-alkyl or cyclic N) is 1. The lowest BCUT2D eigenvalue weighted by molar-refractivity contribution is -0.144. The number of benzene rings is 3. The molecular formula is C57H67N11O7S. The van der Waals surface area contributed by atoms with Crippen molar-refractivity contribution in [2.24, 2.45) is 5.41 Å². The third-order valence-corrected chi connectivity index (χ3v) is 14.7. The molecule has 3 atom stereocenters. The summed E-state index contributed by atoms with van der Waals surface area (Å²) in [6.07, 6.45) is 7.81. The molecule has 5 N–H and O–H groups in total. The Morgan fingerprint density at radius 2 is 1.55 bits per heavy atom. The average Bonchev–Trinajstić information content (AvgIpc) is 4.20. The summed E-state index contributed by atoms with van der Waals surface area (Å²) in [7, 11) is 0. The number of rotatable bonds is 21. The zero-order valence-electron chi connectivity index (χ0n) is 43.5. The van der Waals surface area contributed by atoms with Crippen LogP contribution in [-0.2, 0) is 43.5 Å². The number of pyridine rings is 1. The van der Waals surface area contributed by atoms with Gasteiger partial charge in [-0.05, 0) is 84.5 Å². The molecule has 8 rings (SSSR count). The standard InChI is InChI=1S/C57H67N11O7S/c1-38-52(76-37-62-38)43-13-10-40(11-14-43)30-60-54(71)49-28-48(69)35-67(49)55(72)53(57(2,3)4)65-51(70)36-75-27-26-74-25-24-66-34-44(33-63-66)42-15-19-46(20-16-42)68(56(73)61-31-39-8-6-5-7-9-39)47-21-17-45(18-22-47)64-50-23-12-41(29-58)32-59-50/h5-16,19-20,23,32-34,37,45,47-49,53,69H,17-18,21-22,24-28,30-31,35-36H2,1-4H3,(H,59,64)(H,60,71)(H,61,73)(H,65,70)/t45-,47-,48-,49+,53-/m1/s1. The van der Waals surface area contributed by atoms with Crippen LogP contribution in [0.25, 0.3) is 21.6 Å². The highest BCUT2D eigenvalue weighted by Gasteiger charge is 2.44. The fourth-order valence-corrected chi connectivity index (χ4v) is 10.4. The van der Waals surface area contributed by atoms with E-state index >= 15 is 0 Å². The van der Waals surface area contributed by atoms with Crippen LogP contribution in [0.15, 0.2) is 115 Å². The second-order valence-electron chi connectivity index (χ2n) is 20.4. The monoisotopic (exact) mass is 1050 g/mol. The van der Waals surface area contributed by atoms with Crippen LogP contribution in [0.1, 0.15) is 75.3 Å². The first-order chi connectivity index (χ1) is 36.7. The highest BCUT2D eigenvalue weighted by atomic mass is 32.1. The number of aliphatic hydroxyl groups is 1. The Morgan fingerprint density at radius 3 is 2.24 bits per heavy atom. The predicted octanol–water partition coefficient (Wildman–Crippen LogP) is 7.23. The number of ether oxygens (including phenoxy) is 2. The number of aryl methyl sites for hydroxylation is 1. The summed E-state index contributed by atoms with van der Waals surface area (Å²) in [5.41, 5.74) is 8.19. The van der Waals surface area contributed by atoms with Crippen molar-refractivity contribution < 1.29 is 33.8 Å². The normalized spacial score (nSPS) is 17.8. The van der Waals surface area contributed by atoms with E-state index < -0.39 is 35.4 Å². The minimum Gasteiger partial charge on any atom is -0.391 e. The number of likely N-dealkylation sites (tertiary alicyclic amines) is 1. The molecule has 1 saturated heterocycles. The van der Waals surface area contributed by atoms with Crippen molar-refractivity contribution in [1.29, 1.82) is 5.26 Å². The third kappa shape index (κ3) is 14.7. The largest absolute Gasteiger partial charge is 0.391 e. The number of urea groups is 1. The quantitative estimate of drug-likeness (QED) is 0.0450. The van der Waals surface area contributed by atoms with E-state index in [0.717, 1.165) is 75.6 Å². The lowest BCUT2D eigenvalue weighted by Crippen LogP contribution is -2.58. The van der Waals surface area contributed by atoms with Crippen LogP contribution in [0.2, 0.25) is 0 Å². The van der Waals surface area contributed by atoms with Gasteiger partial charge in [0, 0.05) is 61.8 Å². The van der Waals surface area contributed by atoms with E-state index in [-0.39, 0.29) is 63.4 Å². The van der Waals surface area contributed by atoms with Gasteiger partial charge in [-0.25, -0.2) is 14.8 Å². The number of hydrogen-bond acceptors (Lipinski definition) is 13. The van der Waals surface area contributed by atoms with Gasteiger partial charge in [0.2, 0.25) is 17.7 Å². The molecule has 5 amide bonds. The smallest absolute Gasteiger partial charge is 0.322 e. The van der Waals surface area contributed by atoms with Gasteiger partial charge in [0.25, 0.3) is 0 Å². The van der Waals surface area contributed by atoms with E-state index in [1.165, 1.54) is 4.90 Å². The molecule has 2 fully saturated rings. The van der Waals surface area contributed by atoms with Crippen molar-refractivity contribution >= 4 is 46.6 Å². The van der Waals surface area contributed by atoms with Gasteiger partial charge in [-0.1, -0.05) is 87.5 Å². The number of aliphatic hydroxyl groups excluding tert-OH is 1. The summed E-state index contributed by atoms with van der Waals surface area (Å²) in [5, 5.41) is 36.7. The average molecular weight is 1050 g/mol. The van der Waals surface area contributed by atoms with Gasteiger partial charge >= 0.3 is 6.03 Å². The van der Waals surface area contributed by atoms with Crippen LogP contribution in [0.3, 0.4) is 0 Å². The van der Waals surface area contributed by atoms with Crippen molar-refractivity contribution in [1.82, 2.24) is 40.6 Å². The van der Waals surface area contributed by atoms with Crippen LogP contribution >= 0.6 is 11.3 Å². The Balaban J connectivity index is 0.768. The Bertz CT molecular complexity index is 2910. The number of nitriles is 1. The first kappa shape index (κ1) is 54.8. The molecule has 6 aromatic rings. The van der Waals surface area contributed by atoms with E-state index in [0.29, 0.717) is 25.3 Å². The molecule has 0 unspecified atom stereocenters. The first-order valence-corrected chi connectivity index (χ1v) is 26.7. The summed E-state index contributed by atoms with van der Waals surface area (Å²) in [6.45, 7) is 8.99. The third-order valence-electron chi connectivity index (χ3n) is 13.7. The molecule has 76 heavy (non-hydrogen) atoms. The molecule has 2 aliphatic rings. The van der Waals surface area contributed by atoms with Gasteiger partial charge < -0.3 is 40.7 Å². The van der Waals surface area contributed by atoms with Crippen LogP contribution in [-0.4, -0.2) is 117 Å². The number of hydrogen-bond donors (Lipinski definition) is 5. The molecule has 3 aromatic carbocycles. The van der Waals surface area contributed by atoms with Crippen LogP contribution in [0, 0.1) is 23.7 Å². The van der Waals surface area contributed by atoms with E-state index in [9.17, 15) is 24.3 Å². The Hall–Kier alpha value is -7.50. The molecule has 0 radical (unpaired) electrons. The van der Waals surface area contributed by atoms with Crippen molar-refractivity contribution in [2.45, 2.75) is 110 Å². The maximum absolute atomic E-state index is 14.0. The second kappa shape index (κ2) is 25.8. The van der Waals surface area contributed by atoms with Gasteiger partial charge in [-0.3, -0.25) is 24.0 Å². The number of nitrogens with one attached hydrogen (secondary N) is 4. The molecule has 4 heterocycles. The molecule has 18 nitrogen and oxygen atoms in total. The van der Waals surface area contributed by atoms with E-state index in [1.807, 2.05) is 129 Å². The number of thiazole rings is 1. The second-order valence-corrected chi connectivity index (χ2v) is 21.2. The van der Waals surface area contributed by atoms with Crippen molar-refractivity contribution in [3.63, 3.8) is 0 Å². The number of carbonyl (C=O) groups is 4. The van der Waals surface area contributed by atoms with E-state index in [1.54, 1.807) is 34.5 Å². The van der Waals surface area contributed by atoms with Crippen LogP contribution in [0.4, 0.5) is 16.3 Å². The van der Waals surface area contributed by atoms with Crippen LogP contribution in [0.5, 0.6) is 0 Å². The molecule has 0 bridgehead atoms. The Kier molecular flexibility index (Phi) is 18.6. The minimum absolute atomic E-state index is 0.0102. The Morgan fingerprint density at radius 1 is 0.842 bits per heavy atom. The number of amides is 5. The number of aromatic nitrogens is 4. The lowest BCUT2D eigenvalue weighted by Gasteiger charge is -2.37. The molecule has 3 aromatic heterocycles. The van der Waals surface area contributed by atoms with Crippen molar-refractivity contribution in [3.8, 4) is 27.6 Å². The molecule has 0 spiro atoms. The van der Waals surface area contributed by atoms with Gasteiger partial charge in [-0.15, -0.1) is 11.3 Å². The molecule has 1 aliphatic carbocycles. The lowest BCUT2D eigenvalue weighted by atomic mass is 9.85. The molecule has 1 saturated carbocycles. The maximum Gasteiger partial charge on any atom is 0.322 e. The molecule has 19 heteroatoms. The van der Waals surface area contributed by atoms with Gasteiger partial charge in [-0.2, -0.15) is 10.4 Å². The van der Waals surface area contributed by atoms with Gasteiger partial charge in [0.05, 0.1) is 60.3 Å². The highest BCUT2D eigenvalue weighted by molar-refractivity contribution is 7.13. The molecule has 398 valence electrons. The zero-order valence-corrected chi connectivity index (χ0v) is 44.3. The topological polar surface area (TPSA) is 229 Å². The summed E-state index contributed by atoms with van der Waals surface area (Å²) in [6, 6.07) is 29.5. The minimum atomic E-state index is -0.980. The highest BCUT2D eigenvalue weighted by Crippen LogP contribution is 2.32. The molecule has 1 aliphatic heterocycles. The fourth-order valence-electron chi connectivity index (χ4n) is 9.56. The SMILES string of the molecule is Cc1ncsc1-c1ccc(CNC(=O)[C@@H]2C[C@@H](O)CN2C(=O)[C@@H](NC(=O)COCCOCCn2cc(-c3ccc(N(C(=O)NCc4ccccc4)[C@H]4CC[C@H](Nc5ccc(C#N)cn5)CC4)cc3)cn2)C(C)(C)C)cc1. The molecular weight excluding hydrogens is 983 g/mol. The predicted molar refractivity (Wildman–Crippen MR) is 291 cm³/mol. The number of anilines is 2. The zero-order chi connectivity index (χ0) is 53.6. The summed E-state index contributed by atoms with van der Waals surface area (Å²) in [4.78, 5) is 67.7. The first-order valence-electron chi connectivity index (χ1n) is 25.8. The summed E-state index contributed by atoms with van der Waals surface area (Å²) < 4.78 is 13.2. The number of nitrogens with zero attached hydrogens (tertiary/aromatic N) is 7. The fraction of sp³-hybridized carbons (Fsp3) is 0.404. The van der Waals surface area contributed by atoms with Gasteiger partial charge in [0.1, 0.15) is 30.6 Å². The maximum atomic E-state index is 14.0. The van der Waals surface area contributed by atoms with E-state index in [2.05, 4.69) is 42.4 Å².